The first-order valence-corrected chi connectivity index (χ1v) is 9.83. The minimum absolute atomic E-state index is 0.306. The Bertz CT molecular complexity index is 1080. The van der Waals surface area contributed by atoms with Crippen LogP contribution in [0.1, 0.15) is 45.4 Å². The average Bonchev–Trinajstić information content (AvgIpc) is 3.10. The van der Waals surface area contributed by atoms with Crippen LogP contribution < -0.4 is 11.1 Å². The van der Waals surface area contributed by atoms with E-state index >= 15 is 0 Å². The maximum absolute atomic E-state index is 12.5. The van der Waals surface area contributed by atoms with Gasteiger partial charge in [-0.2, -0.15) is 0 Å². The Morgan fingerprint density at radius 2 is 1.65 bits per heavy atom. The van der Waals surface area contributed by atoms with Gasteiger partial charge in [-0.3, -0.25) is 9.59 Å². The summed E-state index contributed by atoms with van der Waals surface area (Å²) in [5.74, 6) is -0.880. The van der Waals surface area contributed by atoms with Gasteiger partial charge in [0, 0.05) is 22.5 Å². The van der Waals surface area contributed by atoms with Crippen LogP contribution in [0, 0.1) is 13.8 Å². The number of anilines is 1. The fraction of sp³-hybridized carbons (Fsp3) is 0.217. The Morgan fingerprint density at radius 1 is 1.03 bits per heavy atom. The molecule has 31 heavy (non-hydrogen) atoms. The largest absolute Gasteiger partial charge is 0.449 e. The number of rotatable bonds is 7. The number of amides is 2. The van der Waals surface area contributed by atoms with Crippen molar-refractivity contribution >= 4 is 23.5 Å². The van der Waals surface area contributed by atoms with Crippen LogP contribution in [-0.2, 0) is 9.53 Å². The lowest BCUT2D eigenvalue weighted by atomic mass is 10.1. The third-order valence-electron chi connectivity index (χ3n) is 4.87. The fourth-order valence-corrected chi connectivity index (χ4v) is 2.91. The highest BCUT2D eigenvalue weighted by Crippen LogP contribution is 2.19. The SMILES string of the molecule is CCC(OC(=O)c1ccc(-c2nc(C)c(C)[nH]2)cc1)C(=O)Nc1ccc(C(N)=O)cc1. The van der Waals surface area contributed by atoms with Gasteiger partial charge in [0.25, 0.3) is 5.91 Å². The van der Waals surface area contributed by atoms with Crippen molar-refractivity contribution in [2.45, 2.75) is 33.3 Å². The molecule has 0 saturated heterocycles. The van der Waals surface area contributed by atoms with E-state index in [0.29, 0.717) is 23.2 Å². The zero-order valence-electron chi connectivity index (χ0n) is 17.6. The van der Waals surface area contributed by atoms with E-state index in [2.05, 4.69) is 15.3 Å². The molecule has 3 aromatic rings. The number of nitrogens with two attached hydrogens (primary N) is 1. The molecule has 1 unspecified atom stereocenters. The van der Waals surface area contributed by atoms with Gasteiger partial charge >= 0.3 is 5.97 Å². The second-order valence-corrected chi connectivity index (χ2v) is 7.11. The monoisotopic (exact) mass is 420 g/mol. The first-order valence-electron chi connectivity index (χ1n) is 9.83. The summed E-state index contributed by atoms with van der Waals surface area (Å²) >= 11 is 0. The second kappa shape index (κ2) is 9.25. The number of ether oxygens (including phenoxy) is 1. The number of primary amides is 1. The van der Waals surface area contributed by atoms with Crippen LogP contribution in [0.2, 0.25) is 0 Å². The smallest absolute Gasteiger partial charge is 0.338 e. The summed E-state index contributed by atoms with van der Waals surface area (Å²) in [5.41, 5.74) is 9.09. The molecule has 0 spiro atoms. The number of aryl methyl sites for hydroxylation is 2. The van der Waals surface area contributed by atoms with Gasteiger partial charge < -0.3 is 20.8 Å². The average molecular weight is 420 g/mol. The van der Waals surface area contributed by atoms with Crippen LogP contribution >= 0.6 is 0 Å². The molecule has 8 heteroatoms. The maximum atomic E-state index is 12.5. The van der Waals surface area contributed by atoms with Gasteiger partial charge in [0.1, 0.15) is 5.82 Å². The lowest BCUT2D eigenvalue weighted by Crippen LogP contribution is -2.32. The number of benzene rings is 2. The van der Waals surface area contributed by atoms with E-state index in [9.17, 15) is 14.4 Å². The number of nitrogens with zero attached hydrogens (tertiary/aromatic N) is 1. The second-order valence-electron chi connectivity index (χ2n) is 7.11. The van der Waals surface area contributed by atoms with Crippen molar-refractivity contribution in [3.8, 4) is 11.4 Å². The molecular weight excluding hydrogens is 396 g/mol. The van der Waals surface area contributed by atoms with Crippen molar-refractivity contribution in [2.75, 3.05) is 5.32 Å². The van der Waals surface area contributed by atoms with Gasteiger partial charge in [-0.1, -0.05) is 19.1 Å². The normalized spacial score (nSPS) is 11.6. The third-order valence-corrected chi connectivity index (χ3v) is 4.87. The molecule has 4 N–H and O–H groups in total. The highest BCUT2D eigenvalue weighted by Gasteiger charge is 2.22. The maximum Gasteiger partial charge on any atom is 0.338 e. The minimum atomic E-state index is -0.960. The summed E-state index contributed by atoms with van der Waals surface area (Å²) in [6, 6.07) is 13.0. The third kappa shape index (κ3) is 5.16. The van der Waals surface area contributed by atoms with Crippen molar-refractivity contribution in [1.29, 1.82) is 0 Å². The molecule has 0 radical (unpaired) electrons. The van der Waals surface area contributed by atoms with Crippen molar-refractivity contribution in [3.05, 3.63) is 71.0 Å². The highest BCUT2D eigenvalue weighted by atomic mass is 16.5. The van der Waals surface area contributed by atoms with Gasteiger partial charge in [-0.25, -0.2) is 9.78 Å². The number of H-pyrrole nitrogens is 1. The van der Waals surface area contributed by atoms with Crippen molar-refractivity contribution in [2.24, 2.45) is 5.73 Å². The molecule has 0 aliphatic rings. The molecule has 0 saturated carbocycles. The Kier molecular flexibility index (Phi) is 6.49. The Balaban J connectivity index is 1.64. The number of hydrogen-bond acceptors (Lipinski definition) is 5. The standard InChI is InChI=1S/C23H24N4O4/c1-4-19(22(29)27-18-11-9-15(10-12-18)20(24)28)31-23(30)17-7-5-16(6-8-17)21-25-13(2)14(3)26-21/h5-12,19H,4H2,1-3H3,(H2,24,28)(H,25,26)(H,27,29). The molecule has 0 aliphatic carbocycles. The number of nitrogens with one attached hydrogen (secondary N) is 2. The summed E-state index contributed by atoms with van der Waals surface area (Å²) < 4.78 is 5.40. The van der Waals surface area contributed by atoms with E-state index in [-0.39, 0.29) is 0 Å². The first kappa shape index (κ1) is 21.8. The van der Waals surface area contributed by atoms with Crippen LogP contribution in [0.25, 0.3) is 11.4 Å². The predicted molar refractivity (Wildman–Crippen MR) is 117 cm³/mol. The van der Waals surface area contributed by atoms with Gasteiger partial charge in [-0.15, -0.1) is 0 Å². The highest BCUT2D eigenvalue weighted by molar-refractivity contribution is 5.98. The molecule has 3 rings (SSSR count). The van der Waals surface area contributed by atoms with E-state index in [1.165, 1.54) is 12.1 Å². The molecule has 1 atom stereocenters. The molecule has 0 fully saturated rings. The van der Waals surface area contributed by atoms with Crippen LogP contribution in [0.4, 0.5) is 5.69 Å². The summed E-state index contributed by atoms with van der Waals surface area (Å²) in [5, 5.41) is 2.67. The number of aromatic nitrogens is 2. The molecule has 1 aromatic heterocycles. The number of carbonyl (C=O) groups excluding carboxylic acids is 3. The molecule has 0 aliphatic heterocycles. The molecule has 8 nitrogen and oxygen atoms in total. The number of hydrogen-bond donors (Lipinski definition) is 3. The molecule has 2 amide bonds. The van der Waals surface area contributed by atoms with Crippen LogP contribution in [0.5, 0.6) is 0 Å². The number of aromatic amines is 1. The molecule has 1 heterocycles. The quantitative estimate of drug-likeness (QED) is 0.505. The number of esters is 1. The van der Waals surface area contributed by atoms with Crippen LogP contribution in [-0.4, -0.2) is 33.9 Å². The van der Waals surface area contributed by atoms with Gasteiger partial charge in [-0.05, 0) is 56.7 Å². The topological polar surface area (TPSA) is 127 Å². The van der Waals surface area contributed by atoms with Crippen molar-refractivity contribution in [1.82, 2.24) is 9.97 Å². The minimum Gasteiger partial charge on any atom is -0.449 e. The summed E-state index contributed by atoms with van der Waals surface area (Å²) in [4.78, 5) is 43.8. The molecular formula is C23H24N4O4. The lowest BCUT2D eigenvalue weighted by molar-refractivity contribution is -0.124. The van der Waals surface area contributed by atoms with E-state index in [4.69, 9.17) is 10.5 Å². The van der Waals surface area contributed by atoms with E-state index in [1.807, 2.05) is 13.8 Å². The van der Waals surface area contributed by atoms with Gasteiger partial charge in [0.2, 0.25) is 5.91 Å². The van der Waals surface area contributed by atoms with Gasteiger partial charge in [0.05, 0.1) is 11.3 Å². The van der Waals surface area contributed by atoms with Gasteiger partial charge in [0.15, 0.2) is 6.10 Å². The van der Waals surface area contributed by atoms with E-state index < -0.39 is 23.9 Å². The van der Waals surface area contributed by atoms with Crippen molar-refractivity contribution < 1.29 is 19.1 Å². The number of imidazole rings is 1. The molecule has 2 aromatic carbocycles. The first-order chi connectivity index (χ1) is 14.8. The Morgan fingerprint density at radius 3 is 2.16 bits per heavy atom. The van der Waals surface area contributed by atoms with Crippen LogP contribution in [0.3, 0.4) is 0 Å². The summed E-state index contributed by atoms with van der Waals surface area (Å²) in [7, 11) is 0. The zero-order chi connectivity index (χ0) is 22.5. The Labute approximate surface area is 179 Å². The lowest BCUT2D eigenvalue weighted by Gasteiger charge is -2.16. The summed E-state index contributed by atoms with van der Waals surface area (Å²) in [6.07, 6.45) is -0.654. The van der Waals surface area contributed by atoms with E-state index in [0.717, 1.165) is 22.8 Å². The Hall–Kier alpha value is -3.94. The predicted octanol–water partition coefficient (Wildman–Crippen LogP) is 3.37. The van der Waals surface area contributed by atoms with E-state index in [1.54, 1.807) is 43.3 Å². The van der Waals surface area contributed by atoms with Crippen LogP contribution in [0.15, 0.2) is 48.5 Å². The van der Waals surface area contributed by atoms with Crippen molar-refractivity contribution in [3.63, 3.8) is 0 Å². The number of carbonyl (C=O) groups is 3. The fourth-order valence-electron chi connectivity index (χ4n) is 2.91. The zero-order valence-corrected chi connectivity index (χ0v) is 17.6. The molecule has 160 valence electrons. The molecule has 0 bridgehead atoms. The summed E-state index contributed by atoms with van der Waals surface area (Å²) in [6.45, 7) is 5.61.